The molecule has 1 amide bonds. The van der Waals surface area contributed by atoms with Crippen LogP contribution in [0.1, 0.15) is 54.9 Å². The molecule has 2 rings (SSSR count). The fourth-order valence-electron chi connectivity index (χ4n) is 2.74. The zero-order valence-corrected chi connectivity index (χ0v) is 12.9. The molecule has 0 aliphatic heterocycles. The standard InChI is InChI=1S/C16H22N2OS/c1-10(2)11-6-8-12(9-7-11)16(19)18-14-5-3-4-13(14)15(17)20/h6-10,13-14H,3-5H2,1-2H3,(H2,17,20)(H,18,19). The highest BCUT2D eigenvalue weighted by atomic mass is 32.1. The molecule has 1 saturated carbocycles. The summed E-state index contributed by atoms with van der Waals surface area (Å²) in [5, 5.41) is 3.07. The fraction of sp³-hybridized carbons (Fsp3) is 0.500. The molecule has 4 heteroatoms. The van der Waals surface area contributed by atoms with Crippen LogP contribution in [0, 0.1) is 5.92 Å². The highest BCUT2D eigenvalue weighted by Crippen LogP contribution is 2.26. The van der Waals surface area contributed by atoms with Crippen LogP contribution in [-0.4, -0.2) is 16.9 Å². The van der Waals surface area contributed by atoms with E-state index in [1.807, 2.05) is 24.3 Å². The second-order valence-electron chi connectivity index (χ2n) is 5.80. The molecular formula is C16H22N2OS. The van der Waals surface area contributed by atoms with Crippen molar-refractivity contribution in [2.75, 3.05) is 0 Å². The zero-order chi connectivity index (χ0) is 14.7. The number of hydrogen-bond donors (Lipinski definition) is 2. The van der Waals surface area contributed by atoms with Crippen molar-refractivity contribution >= 4 is 23.1 Å². The van der Waals surface area contributed by atoms with Gasteiger partial charge in [0.1, 0.15) is 0 Å². The smallest absolute Gasteiger partial charge is 0.251 e. The Bertz CT molecular complexity index is 496. The van der Waals surface area contributed by atoms with Crippen LogP contribution in [0.5, 0.6) is 0 Å². The zero-order valence-electron chi connectivity index (χ0n) is 12.1. The maximum atomic E-state index is 12.3. The molecule has 1 fully saturated rings. The Morgan fingerprint density at radius 1 is 1.30 bits per heavy atom. The lowest BCUT2D eigenvalue weighted by Crippen LogP contribution is -2.41. The molecule has 0 saturated heterocycles. The Kier molecular flexibility index (Phi) is 4.76. The van der Waals surface area contributed by atoms with Crippen molar-refractivity contribution in [2.45, 2.75) is 45.1 Å². The molecule has 2 unspecified atom stereocenters. The van der Waals surface area contributed by atoms with Gasteiger partial charge in [0.15, 0.2) is 0 Å². The highest BCUT2D eigenvalue weighted by Gasteiger charge is 2.30. The Labute approximate surface area is 125 Å². The van der Waals surface area contributed by atoms with E-state index in [2.05, 4.69) is 19.2 Å². The number of rotatable bonds is 4. The number of benzene rings is 1. The molecule has 0 radical (unpaired) electrons. The monoisotopic (exact) mass is 290 g/mol. The molecule has 108 valence electrons. The Balaban J connectivity index is 2.02. The van der Waals surface area contributed by atoms with Crippen molar-refractivity contribution in [1.29, 1.82) is 0 Å². The van der Waals surface area contributed by atoms with Crippen molar-refractivity contribution in [3.05, 3.63) is 35.4 Å². The lowest BCUT2D eigenvalue weighted by atomic mass is 10.0. The van der Waals surface area contributed by atoms with Crippen LogP contribution in [0.3, 0.4) is 0 Å². The molecule has 0 heterocycles. The van der Waals surface area contributed by atoms with Gasteiger partial charge < -0.3 is 11.1 Å². The van der Waals surface area contributed by atoms with Crippen molar-refractivity contribution in [3.8, 4) is 0 Å². The van der Waals surface area contributed by atoms with E-state index in [1.54, 1.807) is 0 Å². The van der Waals surface area contributed by atoms with Gasteiger partial charge in [-0.05, 0) is 36.5 Å². The van der Waals surface area contributed by atoms with Gasteiger partial charge in [-0.15, -0.1) is 0 Å². The molecule has 0 aromatic heterocycles. The average Bonchev–Trinajstić information content (AvgIpc) is 2.87. The summed E-state index contributed by atoms with van der Waals surface area (Å²) in [6.45, 7) is 4.28. The van der Waals surface area contributed by atoms with Gasteiger partial charge in [-0.1, -0.05) is 44.6 Å². The van der Waals surface area contributed by atoms with Crippen molar-refractivity contribution in [1.82, 2.24) is 5.32 Å². The van der Waals surface area contributed by atoms with Crippen LogP contribution in [0.4, 0.5) is 0 Å². The lowest BCUT2D eigenvalue weighted by molar-refractivity contribution is 0.0934. The lowest BCUT2D eigenvalue weighted by Gasteiger charge is -2.20. The minimum atomic E-state index is -0.0338. The molecule has 20 heavy (non-hydrogen) atoms. The molecule has 3 N–H and O–H groups in total. The van der Waals surface area contributed by atoms with E-state index in [0.29, 0.717) is 16.5 Å². The van der Waals surface area contributed by atoms with Crippen LogP contribution < -0.4 is 11.1 Å². The van der Waals surface area contributed by atoms with E-state index in [1.165, 1.54) is 5.56 Å². The molecule has 0 bridgehead atoms. The van der Waals surface area contributed by atoms with Gasteiger partial charge in [-0.3, -0.25) is 4.79 Å². The number of nitrogens with two attached hydrogens (primary N) is 1. The number of nitrogens with one attached hydrogen (secondary N) is 1. The summed E-state index contributed by atoms with van der Waals surface area (Å²) in [5.74, 6) is 0.582. The van der Waals surface area contributed by atoms with E-state index in [-0.39, 0.29) is 17.9 Å². The first-order valence-corrected chi connectivity index (χ1v) is 7.60. The van der Waals surface area contributed by atoms with Gasteiger partial charge >= 0.3 is 0 Å². The van der Waals surface area contributed by atoms with E-state index in [4.69, 9.17) is 18.0 Å². The molecule has 0 spiro atoms. The van der Waals surface area contributed by atoms with Gasteiger partial charge in [0.2, 0.25) is 0 Å². The molecular weight excluding hydrogens is 268 g/mol. The number of thiocarbonyl (C=S) groups is 1. The van der Waals surface area contributed by atoms with Crippen molar-refractivity contribution in [2.24, 2.45) is 11.7 Å². The molecule has 1 aromatic rings. The first-order chi connectivity index (χ1) is 9.49. The fourth-order valence-corrected chi connectivity index (χ4v) is 3.03. The van der Waals surface area contributed by atoms with Crippen LogP contribution in [-0.2, 0) is 0 Å². The van der Waals surface area contributed by atoms with Gasteiger partial charge in [0, 0.05) is 17.5 Å². The maximum absolute atomic E-state index is 12.3. The number of carbonyl (C=O) groups is 1. The van der Waals surface area contributed by atoms with E-state index < -0.39 is 0 Å². The third-order valence-corrected chi connectivity index (χ3v) is 4.34. The Hall–Kier alpha value is -1.42. The van der Waals surface area contributed by atoms with Gasteiger partial charge in [0.25, 0.3) is 5.91 Å². The largest absolute Gasteiger partial charge is 0.393 e. The second kappa shape index (κ2) is 6.35. The highest BCUT2D eigenvalue weighted by molar-refractivity contribution is 7.80. The van der Waals surface area contributed by atoms with Crippen LogP contribution >= 0.6 is 12.2 Å². The normalized spacial score (nSPS) is 21.9. The van der Waals surface area contributed by atoms with Crippen molar-refractivity contribution < 1.29 is 4.79 Å². The summed E-state index contributed by atoms with van der Waals surface area (Å²) in [6.07, 6.45) is 3.00. The third-order valence-electron chi connectivity index (χ3n) is 4.04. The van der Waals surface area contributed by atoms with E-state index in [9.17, 15) is 4.79 Å². The maximum Gasteiger partial charge on any atom is 0.251 e. The number of carbonyl (C=O) groups excluding carboxylic acids is 1. The first-order valence-electron chi connectivity index (χ1n) is 7.19. The number of amides is 1. The predicted octanol–water partition coefficient (Wildman–Crippen LogP) is 2.99. The molecule has 2 atom stereocenters. The minimum Gasteiger partial charge on any atom is -0.393 e. The molecule has 1 aliphatic carbocycles. The Morgan fingerprint density at radius 3 is 2.50 bits per heavy atom. The van der Waals surface area contributed by atoms with Gasteiger partial charge in [-0.25, -0.2) is 0 Å². The summed E-state index contributed by atoms with van der Waals surface area (Å²) in [5.41, 5.74) is 7.67. The molecule has 1 aromatic carbocycles. The summed E-state index contributed by atoms with van der Waals surface area (Å²) in [6, 6.07) is 7.88. The first kappa shape index (κ1) is 15.0. The number of hydrogen-bond acceptors (Lipinski definition) is 2. The quantitative estimate of drug-likeness (QED) is 0.838. The SMILES string of the molecule is CC(C)c1ccc(C(=O)NC2CCCC2C(N)=S)cc1. The van der Waals surface area contributed by atoms with Crippen molar-refractivity contribution in [3.63, 3.8) is 0 Å². The summed E-state index contributed by atoms with van der Waals surface area (Å²) in [7, 11) is 0. The summed E-state index contributed by atoms with van der Waals surface area (Å²) >= 11 is 5.07. The molecule has 3 nitrogen and oxygen atoms in total. The van der Waals surface area contributed by atoms with E-state index in [0.717, 1.165) is 19.3 Å². The third kappa shape index (κ3) is 3.37. The summed E-state index contributed by atoms with van der Waals surface area (Å²) in [4.78, 5) is 12.8. The average molecular weight is 290 g/mol. The summed E-state index contributed by atoms with van der Waals surface area (Å²) < 4.78 is 0. The second-order valence-corrected chi connectivity index (χ2v) is 6.27. The molecule has 1 aliphatic rings. The van der Waals surface area contributed by atoms with Gasteiger partial charge in [-0.2, -0.15) is 0 Å². The van der Waals surface area contributed by atoms with Crippen LogP contribution in [0.2, 0.25) is 0 Å². The topological polar surface area (TPSA) is 55.1 Å². The minimum absolute atomic E-state index is 0.0338. The predicted molar refractivity (Wildman–Crippen MR) is 85.9 cm³/mol. The van der Waals surface area contributed by atoms with E-state index >= 15 is 0 Å². The van der Waals surface area contributed by atoms with Gasteiger partial charge in [0.05, 0.1) is 4.99 Å². The Morgan fingerprint density at radius 2 is 1.95 bits per heavy atom. The van der Waals surface area contributed by atoms with Crippen LogP contribution in [0.25, 0.3) is 0 Å². The van der Waals surface area contributed by atoms with Crippen LogP contribution in [0.15, 0.2) is 24.3 Å².